The molecule has 0 bridgehead atoms. The third-order valence-corrected chi connectivity index (χ3v) is 3.42. The maximum atomic E-state index is 11.2. The van der Waals surface area contributed by atoms with Gasteiger partial charge in [0.2, 0.25) is 0 Å². The summed E-state index contributed by atoms with van der Waals surface area (Å²) in [6.07, 6.45) is 0.989. The van der Waals surface area contributed by atoms with Crippen LogP contribution in [0.15, 0.2) is 24.3 Å². The van der Waals surface area contributed by atoms with E-state index in [1.165, 1.54) is 0 Å². The van der Waals surface area contributed by atoms with Crippen molar-refractivity contribution in [3.63, 3.8) is 0 Å². The number of piperazine rings is 1. The van der Waals surface area contributed by atoms with E-state index in [0.717, 1.165) is 37.4 Å². The topological polar surface area (TPSA) is 61.8 Å². The summed E-state index contributed by atoms with van der Waals surface area (Å²) < 4.78 is 5.54. The molecule has 1 aliphatic heterocycles. The molecule has 20 heavy (non-hydrogen) atoms. The highest BCUT2D eigenvalue weighted by molar-refractivity contribution is 5.74. The molecule has 0 radical (unpaired) electrons. The number of nitrogens with one attached hydrogen (secondary N) is 1. The Morgan fingerprint density at radius 1 is 1.45 bits per heavy atom. The van der Waals surface area contributed by atoms with Crippen LogP contribution in [0.4, 0.5) is 0 Å². The van der Waals surface area contributed by atoms with Crippen LogP contribution >= 0.6 is 0 Å². The van der Waals surface area contributed by atoms with Gasteiger partial charge in [0, 0.05) is 26.2 Å². The molecule has 2 N–H and O–H groups in total. The van der Waals surface area contributed by atoms with Gasteiger partial charge in [-0.05, 0) is 24.1 Å². The Hall–Kier alpha value is -1.59. The van der Waals surface area contributed by atoms with Crippen molar-refractivity contribution in [3.8, 4) is 5.75 Å². The molecule has 1 atom stereocenters. The highest BCUT2D eigenvalue weighted by Gasteiger charge is 2.27. The summed E-state index contributed by atoms with van der Waals surface area (Å²) in [5.74, 6) is 0.103. The lowest BCUT2D eigenvalue weighted by Gasteiger charge is -2.33. The molecule has 0 amide bonds. The molecule has 0 aliphatic carbocycles. The van der Waals surface area contributed by atoms with Crippen molar-refractivity contribution >= 4 is 5.97 Å². The van der Waals surface area contributed by atoms with E-state index in [4.69, 9.17) is 4.74 Å². The van der Waals surface area contributed by atoms with Gasteiger partial charge in [-0.25, -0.2) is 0 Å². The van der Waals surface area contributed by atoms with Crippen LogP contribution in [0.3, 0.4) is 0 Å². The fourth-order valence-electron chi connectivity index (χ4n) is 2.32. The second-order valence-electron chi connectivity index (χ2n) is 5.02. The first-order valence-corrected chi connectivity index (χ1v) is 7.10. The number of benzene rings is 1. The zero-order valence-electron chi connectivity index (χ0n) is 11.8. The summed E-state index contributed by atoms with van der Waals surface area (Å²) in [6.45, 7) is 5.55. The Morgan fingerprint density at radius 3 is 2.85 bits per heavy atom. The molecule has 0 spiro atoms. The smallest absolute Gasteiger partial charge is 0.322 e. The predicted octanol–water partition coefficient (Wildman–Crippen LogP) is 1.33. The van der Waals surface area contributed by atoms with Crippen LogP contribution in [0.5, 0.6) is 5.75 Å². The van der Waals surface area contributed by atoms with Crippen molar-refractivity contribution < 1.29 is 14.6 Å². The minimum absolute atomic E-state index is 0.445. The van der Waals surface area contributed by atoms with Gasteiger partial charge in [0.25, 0.3) is 0 Å². The molecule has 1 fully saturated rings. The van der Waals surface area contributed by atoms with Gasteiger partial charge < -0.3 is 15.2 Å². The van der Waals surface area contributed by atoms with Gasteiger partial charge >= 0.3 is 5.97 Å². The van der Waals surface area contributed by atoms with Crippen molar-refractivity contribution in [2.45, 2.75) is 25.9 Å². The van der Waals surface area contributed by atoms with Crippen LogP contribution < -0.4 is 10.1 Å². The number of carbonyl (C=O) groups is 1. The maximum Gasteiger partial charge on any atom is 0.322 e. The van der Waals surface area contributed by atoms with E-state index in [1.54, 1.807) is 0 Å². The van der Waals surface area contributed by atoms with Crippen LogP contribution in [0.25, 0.3) is 0 Å². The van der Waals surface area contributed by atoms with E-state index >= 15 is 0 Å². The second-order valence-corrected chi connectivity index (χ2v) is 5.02. The van der Waals surface area contributed by atoms with Gasteiger partial charge in [0.15, 0.2) is 0 Å². The molecule has 1 saturated heterocycles. The fraction of sp³-hybridized carbons (Fsp3) is 0.533. The summed E-state index contributed by atoms with van der Waals surface area (Å²) in [5.41, 5.74) is 1.11. The lowest BCUT2D eigenvalue weighted by Crippen LogP contribution is -2.54. The zero-order valence-corrected chi connectivity index (χ0v) is 11.8. The molecular weight excluding hydrogens is 256 g/mol. The number of hydrogen-bond acceptors (Lipinski definition) is 4. The maximum absolute atomic E-state index is 11.2. The van der Waals surface area contributed by atoms with E-state index in [0.29, 0.717) is 13.1 Å². The average molecular weight is 278 g/mol. The SMILES string of the molecule is CCCOc1ccc(CN2CCNCC2C(=O)O)cc1. The third kappa shape index (κ3) is 3.95. The zero-order chi connectivity index (χ0) is 14.4. The Bertz CT molecular complexity index is 433. The standard InChI is InChI=1S/C15H22N2O3/c1-2-9-20-13-5-3-12(4-6-13)11-17-8-7-16-10-14(17)15(18)19/h3-6,14,16H,2,7-11H2,1H3,(H,18,19). The number of nitrogens with zero attached hydrogens (tertiary/aromatic N) is 1. The molecule has 1 aromatic carbocycles. The highest BCUT2D eigenvalue weighted by Crippen LogP contribution is 2.16. The molecule has 1 aromatic rings. The predicted molar refractivity (Wildman–Crippen MR) is 76.9 cm³/mol. The van der Waals surface area contributed by atoms with Crippen LogP contribution in [0.1, 0.15) is 18.9 Å². The highest BCUT2D eigenvalue weighted by atomic mass is 16.5. The molecule has 110 valence electrons. The van der Waals surface area contributed by atoms with Gasteiger partial charge in [-0.3, -0.25) is 9.69 Å². The largest absolute Gasteiger partial charge is 0.494 e. The molecule has 1 heterocycles. The van der Waals surface area contributed by atoms with Crippen molar-refractivity contribution in [2.24, 2.45) is 0 Å². The van der Waals surface area contributed by atoms with Crippen molar-refractivity contribution in [1.29, 1.82) is 0 Å². The number of hydrogen-bond donors (Lipinski definition) is 2. The number of carboxylic acid groups (broad SMARTS) is 1. The number of carboxylic acids is 1. The fourth-order valence-corrected chi connectivity index (χ4v) is 2.32. The van der Waals surface area contributed by atoms with Crippen molar-refractivity contribution in [2.75, 3.05) is 26.2 Å². The molecule has 1 aliphatic rings. The van der Waals surface area contributed by atoms with Crippen LogP contribution in [0, 0.1) is 0 Å². The number of rotatable bonds is 6. The third-order valence-electron chi connectivity index (χ3n) is 3.42. The molecule has 2 rings (SSSR count). The van der Waals surface area contributed by atoms with Crippen LogP contribution in [-0.2, 0) is 11.3 Å². The second kappa shape index (κ2) is 7.26. The lowest BCUT2D eigenvalue weighted by atomic mass is 10.1. The van der Waals surface area contributed by atoms with Crippen LogP contribution in [0.2, 0.25) is 0 Å². The summed E-state index contributed by atoms with van der Waals surface area (Å²) in [5, 5.41) is 12.3. The monoisotopic (exact) mass is 278 g/mol. The Labute approximate surface area is 119 Å². The van der Waals surface area contributed by atoms with Crippen molar-refractivity contribution in [3.05, 3.63) is 29.8 Å². The van der Waals surface area contributed by atoms with Gasteiger partial charge in [-0.2, -0.15) is 0 Å². The van der Waals surface area contributed by atoms with E-state index in [-0.39, 0.29) is 0 Å². The molecule has 1 unspecified atom stereocenters. The summed E-state index contributed by atoms with van der Waals surface area (Å²) in [6, 6.07) is 7.46. The first-order chi connectivity index (χ1) is 9.70. The molecule has 0 aromatic heterocycles. The minimum atomic E-state index is -0.764. The molecular formula is C15H22N2O3. The van der Waals surface area contributed by atoms with Gasteiger partial charge in [-0.1, -0.05) is 19.1 Å². The van der Waals surface area contributed by atoms with E-state index in [9.17, 15) is 9.90 Å². The normalized spacial score (nSPS) is 19.8. The summed E-state index contributed by atoms with van der Waals surface area (Å²) >= 11 is 0. The van der Waals surface area contributed by atoms with Gasteiger partial charge in [0.1, 0.15) is 11.8 Å². The number of aliphatic carboxylic acids is 1. The van der Waals surface area contributed by atoms with E-state index in [1.807, 2.05) is 29.2 Å². The Kier molecular flexibility index (Phi) is 5.38. The lowest BCUT2D eigenvalue weighted by molar-refractivity contribution is -0.144. The summed E-state index contributed by atoms with van der Waals surface area (Å²) in [4.78, 5) is 13.2. The molecule has 5 nitrogen and oxygen atoms in total. The van der Waals surface area contributed by atoms with Crippen molar-refractivity contribution in [1.82, 2.24) is 10.2 Å². The first kappa shape index (κ1) is 14.8. The van der Waals surface area contributed by atoms with Crippen LogP contribution in [-0.4, -0.2) is 48.3 Å². The average Bonchev–Trinajstić information content (AvgIpc) is 2.47. The molecule has 5 heteroatoms. The quantitative estimate of drug-likeness (QED) is 0.822. The molecule has 0 saturated carbocycles. The first-order valence-electron chi connectivity index (χ1n) is 7.10. The Balaban J connectivity index is 1.96. The van der Waals surface area contributed by atoms with E-state index in [2.05, 4.69) is 12.2 Å². The van der Waals surface area contributed by atoms with Gasteiger partial charge in [-0.15, -0.1) is 0 Å². The van der Waals surface area contributed by atoms with Gasteiger partial charge in [0.05, 0.1) is 6.61 Å². The Morgan fingerprint density at radius 2 is 2.20 bits per heavy atom. The van der Waals surface area contributed by atoms with E-state index < -0.39 is 12.0 Å². The minimum Gasteiger partial charge on any atom is -0.494 e. The number of ether oxygens (including phenoxy) is 1. The summed E-state index contributed by atoms with van der Waals surface area (Å²) in [7, 11) is 0.